The highest BCUT2D eigenvalue weighted by molar-refractivity contribution is 7.89. The highest BCUT2D eigenvalue weighted by Gasteiger charge is 2.14. The first-order valence-corrected chi connectivity index (χ1v) is 8.59. The average molecular weight is 324 g/mol. The molecule has 0 aliphatic heterocycles. The number of hydrogen-bond acceptors (Lipinski definition) is 4. The molecule has 1 aromatic carbocycles. The molecular formula is C14H16N2O3S2. The van der Waals surface area contributed by atoms with Crippen molar-refractivity contribution in [2.45, 2.75) is 18.4 Å². The summed E-state index contributed by atoms with van der Waals surface area (Å²) in [5.41, 5.74) is 0.422. The summed E-state index contributed by atoms with van der Waals surface area (Å²) in [6.07, 6.45) is 0. The van der Waals surface area contributed by atoms with Gasteiger partial charge in [-0.25, -0.2) is 13.1 Å². The zero-order chi connectivity index (χ0) is 15.5. The van der Waals surface area contributed by atoms with Gasteiger partial charge in [-0.1, -0.05) is 0 Å². The number of nitrogens with one attached hydrogen (secondary N) is 2. The van der Waals surface area contributed by atoms with Gasteiger partial charge in [0, 0.05) is 28.9 Å². The van der Waals surface area contributed by atoms with E-state index >= 15 is 0 Å². The molecule has 0 spiro atoms. The maximum atomic E-state index is 12.2. The first-order chi connectivity index (χ1) is 9.92. The van der Waals surface area contributed by atoms with Crippen molar-refractivity contribution < 1.29 is 13.2 Å². The van der Waals surface area contributed by atoms with E-state index in [2.05, 4.69) is 10.0 Å². The molecule has 112 valence electrons. The largest absolute Gasteiger partial charge is 0.355 e. The lowest BCUT2D eigenvalue weighted by atomic mass is 10.2. The molecule has 5 nitrogen and oxygen atoms in total. The molecule has 1 amide bonds. The Morgan fingerprint density at radius 1 is 1.14 bits per heavy atom. The molecule has 2 rings (SSSR count). The Morgan fingerprint density at radius 2 is 1.81 bits per heavy atom. The smallest absolute Gasteiger partial charge is 0.251 e. The number of thiophene rings is 1. The third kappa shape index (κ3) is 3.90. The first-order valence-electron chi connectivity index (χ1n) is 6.29. The van der Waals surface area contributed by atoms with Gasteiger partial charge >= 0.3 is 0 Å². The Labute approximate surface area is 128 Å². The zero-order valence-electron chi connectivity index (χ0n) is 11.7. The molecule has 2 N–H and O–H groups in total. The number of rotatable bonds is 5. The van der Waals surface area contributed by atoms with E-state index in [1.165, 1.54) is 31.3 Å². The van der Waals surface area contributed by atoms with Crippen LogP contribution in [0.25, 0.3) is 0 Å². The minimum Gasteiger partial charge on any atom is -0.355 e. The number of carbonyl (C=O) groups excluding carboxylic acids is 1. The molecule has 0 fully saturated rings. The van der Waals surface area contributed by atoms with Crippen LogP contribution in [0.1, 0.15) is 20.1 Å². The van der Waals surface area contributed by atoms with Crippen LogP contribution in [0, 0.1) is 6.92 Å². The quantitative estimate of drug-likeness (QED) is 0.882. The van der Waals surface area contributed by atoms with Gasteiger partial charge in [0.05, 0.1) is 4.90 Å². The third-order valence-electron chi connectivity index (χ3n) is 2.89. The molecule has 1 heterocycles. The normalized spacial score (nSPS) is 11.3. The Balaban J connectivity index is 2.10. The molecule has 0 saturated carbocycles. The van der Waals surface area contributed by atoms with Crippen molar-refractivity contribution in [2.24, 2.45) is 0 Å². The fourth-order valence-electron chi connectivity index (χ4n) is 1.76. The molecule has 2 aromatic rings. The maximum absolute atomic E-state index is 12.2. The standard InChI is InChI=1S/C14H16N2O3S2/c1-10-3-6-12(20-10)9-16-21(18,19)13-7-4-11(5-8-13)14(17)15-2/h3-8,16H,9H2,1-2H3,(H,15,17). The molecule has 0 aliphatic carbocycles. The van der Waals surface area contributed by atoms with Crippen LogP contribution in [0.3, 0.4) is 0 Å². The van der Waals surface area contributed by atoms with E-state index in [0.717, 1.165) is 9.75 Å². The van der Waals surface area contributed by atoms with E-state index in [1.807, 2.05) is 19.1 Å². The van der Waals surface area contributed by atoms with Crippen LogP contribution in [0.4, 0.5) is 0 Å². The van der Waals surface area contributed by atoms with Crippen molar-refractivity contribution in [3.8, 4) is 0 Å². The predicted molar refractivity (Wildman–Crippen MR) is 82.9 cm³/mol. The van der Waals surface area contributed by atoms with Gasteiger partial charge in [-0.05, 0) is 43.3 Å². The number of sulfonamides is 1. The van der Waals surface area contributed by atoms with Crippen molar-refractivity contribution >= 4 is 27.3 Å². The van der Waals surface area contributed by atoms with Crippen molar-refractivity contribution in [2.75, 3.05) is 7.05 Å². The van der Waals surface area contributed by atoms with Gasteiger partial charge in [0.25, 0.3) is 5.91 Å². The molecule has 0 aliphatic rings. The van der Waals surface area contributed by atoms with Crippen LogP contribution in [0.2, 0.25) is 0 Å². The highest BCUT2D eigenvalue weighted by atomic mass is 32.2. The van der Waals surface area contributed by atoms with Crippen LogP contribution in [0.5, 0.6) is 0 Å². The van der Waals surface area contributed by atoms with Crippen molar-refractivity contribution in [1.82, 2.24) is 10.0 Å². The van der Waals surface area contributed by atoms with E-state index in [-0.39, 0.29) is 17.3 Å². The van der Waals surface area contributed by atoms with Crippen LogP contribution >= 0.6 is 11.3 Å². The fraction of sp³-hybridized carbons (Fsp3) is 0.214. The van der Waals surface area contributed by atoms with Gasteiger partial charge in [0.2, 0.25) is 10.0 Å². The molecule has 1 aromatic heterocycles. The predicted octanol–water partition coefficient (Wildman–Crippen LogP) is 1.89. The molecule has 7 heteroatoms. The lowest BCUT2D eigenvalue weighted by Gasteiger charge is -2.06. The van der Waals surface area contributed by atoms with Crippen LogP contribution < -0.4 is 10.0 Å². The molecule has 0 saturated heterocycles. The van der Waals surface area contributed by atoms with Crippen LogP contribution in [-0.2, 0) is 16.6 Å². The van der Waals surface area contributed by atoms with Gasteiger partial charge in [-0.2, -0.15) is 0 Å². The van der Waals surface area contributed by atoms with E-state index in [9.17, 15) is 13.2 Å². The SMILES string of the molecule is CNC(=O)c1ccc(S(=O)(=O)NCc2ccc(C)s2)cc1. The second-order valence-corrected chi connectivity index (χ2v) is 7.58. The van der Waals surface area contributed by atoms with Gasteiger partial charge < -0.3 is 5.32 Å². The summed E-state index contributed by atoms with van der Waals surface area (Å²) in [7, 11) is -2.05. The van der Waals surface area contributed by atoms with Gasteiger partial charge in [0.15, 0.2) is 0 Å². The number of amides is 1. The summed E-state index contributed by atoms with van der Waals surface area (Å²) in [4.78, 5) is 13.6. The van der Waals surface area contributed by atoms with Gasteiger partial charge in [-0.3, -0.25) is 4.79 Å². The summed E-state index contributed by atoms with van der Waals surface area (Å²) < 4.78 is 26.9. The minimum absolute atomic E-state index is 0.142. The molecular weight excluding hydrogens is 308 g/mol. The van der Waals surface area contributed by atoms with Crippen LogP contribution in [-0.4, -0.2) is 21.4 Å². The Kier molecular flexibility index (Phi) is 4.76. The Bertz CT molecular complexity index is 734. The third-order valence-corrected chi connectivity index (χ3v) is 5.30. The second kappa shape index (κ2) is 6.38. The zero-order valence-corrected chi connectivity index (χ0v) is 13.3. The minimum atomic E-state index is -3.57. The van der Waals surface area contributed by atoms with Gasteiger partial charge in [-0.15, -0.1) is 11.3 Å². The average Bonchev–Trinajstić information content (AvgIpc) is 2.90. The van der Waals surface area contributed by atoms with E-state index in [0.29, 0.717) is 5.56 Å². The molecule has 0 bridgehead atoms. The lowest BCUT2D eigenvalue weighted by Crippen LogP contribution is -2.23. The monoisotopic (exact) mass is 324 g/mol. The fourth-order valence-corrected chi connectivity index (χ4v) is 3.69. The summed E-state index contributed by atoms with van der Waals surface area (Å²) in [5, 5.41) is 2.49. The Hall–Kier alpha value is -1.70. The molecule has 21 heavy (non-hydrogen) atoms. The molecule has 0 unspecified atom stereocenters. The van der Waals surface area contributed by atoms with Crippen molar-refractivity contribution in [1.29, 1.82) is 0 Å². The number of aryl methyl sites for hydroxylation is 1. The van der Waals surface area contributed by atoms with E-state index < -0.39 is 10.0 Å². The number of hydrogen-bond donors (Lipinski definition) is 2. The first kappa shape index (κ1) is 15.7. The summed E-state index contributed by atoms with van der Waals surface area (Å²) in [6, 6.07) is 9.67. The molecule has 0 atom stereocenters. The van der Waals surface area contributed by atoms with Gasteiger partial charge in [0.1, 0.15) is 0 Å². The summed E-state index contributed by atoms with van der Waals surface area (Å²) in [6.45, 7) is 2.23. The van der Waals surface area contributed by atoms with E-state index in [1.54, 1.807) is 11.3 Å². The number of benzene rings is 1. The molecule has 0 radical (unpaired) electrons. The van der Waals surface area contributed by atoms with E-state index in [4.69, 9.17) is 0 Å². The lowest BCUT2D eigenvalue weighted by molar-refractivity contribution is 0.0963. The topological polar surface area (TPSA) is 75.3 Å². The summed E-state index contributed by atoms with van der Waals surface area (Å²) >= 11 is 1.55. The summed E-state index contributed by atoms with van der Waals surface area (Å²) in [5.74, 6) is -0.249. The Morgan fingerprint density at radius 3 is 2.33 bits per heavy atom. The second-order valence-electron chi connectivity index (χ2n) is 4.44. The highest BCUT2D eigenvalue weighted by Crippen LogP contribution is 2.16. The van der Waals surface area contributed by atoms with Crippen LogP contribution in [0.15, 0.2) is 41.3 Å². The number of carbonyl (C=O) groups is 1. The van der Waals surface area contributed by atoms with Crippen molar-refractivity contribution in [3.63, 3.8) is 0 Å². The van der Waals surface area contributed by atoms with Crippen molar-refractivity contribution in [3.05, 3.63) is 51.7 Å². The maximum Gasteiger partial charge on any atom is 0.251 e.